The first kappa shape index (κ1) is 15.5. The number of nitrogens with one attached hydrogen (secondary N) is 1. The van der Waals surface area contributed by atoms with Gasteiger partial charge in [0.25, 0.3) is 0 Å². The van der Waals surface area contributed by atoms with E-state index in [1.165, 1.54) is 6.92 Å². The van der Waals surface area contributed by atoms with Crippen LogP contribution in [0.4, 0.5) is 5.69 Å². The number of benzene rings is 1. The standard InChI is InChI=1S/C16H22N2O3/c1-11-9-18(10-12(2)21-11)16(20)8-17-15-6-4-14(5-7-15)13(3)19/h4-7,11-12,17H,8-10H2,1-3H3/t11-,12-/m0/s1. The Balaban J connectivity index is 1.87. The van der Waals surface area contributed by atoms with E-state index in [-0.39, 0.29) is 30.4 Å². The lowest BCUT2D eigenvalue weighted by Gasteiger charge is -2.35. The molecule has 0 unspecified atom stereocenters. The van der Waals surface area contributed by atoms with Crippen molar-refractivity contribution in [2.24, 2.45) is 0 Å². The van der Waals surface area contributed by atoms with E-state index in [2.05, 4.69) is 5.32 Å². The molecule has 1 aromatic rings. The number of hydrogen-bond donors (Lipinski definition) is 1. The van der Waals surface area contributed by atoms with Gasteiger partial charge >= 0.3 is 0 Å². The first-order chi connectivity index (χ1) is 9.95. The lowest BCUT2D eigenvalue weighted by atomic mass is 10.1. The summed E-state index contributed by atoms with van der Waals surface area (Å²) < 4.78 is 5.62. The van der Waals surface area contributed by atoms with Crippen molar-refractivity contribution < 1.29 is 14.3 Å². The van der Waals surface area contributed by atoms with Crippen LogP contribution in [0.25, 0.3) is 0 Å². The second-order valence-corrected chi connectivity index (χ2v) is 5.54. The molecule has 0 saturated carbocycles. The third kappa shape index (κ3) is 4.29. The molecule has 114 valence electrons. The van der Waals surface area contributed by atoms with Crippen LogP contribution in [0.5, 0.6) is 0 Å². The van der Waals surface area contributed by atoms with E-state index in [0.717, 1.165) is 5.69 Å². The predicted octanol–water partition coefficient (Wildman–Crippen LogP) is 1.94. The number of ketones is 1. The van der Waals surface area contributed by atoms with Gasteiger partial charge in [0.05, 0.1) is 18.8 Å². The normalized spacial score (nSPS) is 22.0. The maximum Gasteiger partial charge on any atom is 0.242 e. The number of anilines is 1. The zero-order chi connectivity index (χ0) is 15.4. The van der Waals surface area contributed by atoms with Crippen LogP contribution in [0.15, 0.2) is 24.3 Å². The Bertz CT molecular complexity index is 503. The first-order valence-electron chi connectivity index (χ1n) is 7.24. The molecule has 2 rings (SSSR count). The second kappa shape index (κ2) is 6.72. The van der Waals surface area contributed by atoms with Crippen molar-refractivity contribution in [1.29, 1.82) is 0 Å². The van der Waals surface area contributed by atoms with E-state index in [4.69, 9.17) is 4.74 Å². The van der Waals surface area contributed by atoms with Crippen molar-refractivity contribution in [3.63, 3.8) is 0 Å². The average Bonchev–Trinajstić information content (AvgIpc) is 2.44. The quantitative estimate of drug-likeness (QED) is 0.861. The van der Waals surface area contributed by atoms with E-state index >= 15 is 0 Å². The monoisotopic (exact) mass is 290 g/mol. The van der Waals surface area contributed by atoms with E-state index in [1.54, 1.807) is 12.1 Å². The summed E-state index contributed by atoms with van der Waals surface area (Å²) >= 11 is 0. The van der Waals surface area contributed by atoms with Gasteiger partial charge in [-0.3, -0.25) is 9.59 Å². The zero-order valence-corrected chi connectivity index (χ0v) is 12.8. The Morgan fingerprint density at radius 1 is 1.19 bits per heavy atom. The van der Waals surface area contributed by atoms with Gasteiger partial charge in [0.1, 0.15) is 0 Å². The molecule has 0 radical (unpaired) electrons. The van der Waals surface area contributed by atoms with Gasteiger partial charge in [-0.1, -0.05) is 0 Å². The lowest BCUT2D eigenvalue weighted by molar-refractivity contribution is -0.141. The van der Waals surface area contributed by atoms with Crippen LogP contribution < -0.4 is 5.32 Å². The molecule has 2 atom stereocenters. The number of amides is 1. The van der Waals surface area contributed by atoms with Gasteiger partial charge in [0.15, 0.2) is 5.78 Å². The van der Waals surface area contributed by atoms with Gasteiger partial charge in [0, 0.05) is 24.3 Å². The third-order valence-corrected chi connectivity index (χ3v) is 3.51. The summed E-state index contributed by atoms with van der Waals surface area (Å²) in [6.07, 6.45) is 0.153. The third-order valence-electron chi connectivity index (χ3n) is 3.51. The van der Waals surface area contributed by atoms with Crippen molar-refractivity contribution >= 4 is 17.4 Å². The highest BCUT2D eigenvalue weighted by Crippen LogP contribution is 2.12. The topological polar surface area (TPSA) is 58.6 Å². The van der Waals surface area contributed by atoms with E-state index in [9.17, 15) is 9.59 Å². The molecule has 5 heteroatoms. The van der Waals surface area contributed by atoms with Crippen LogP contribution in [0, 0.1) is 0 Å². The molecule has 5 nitrogen and oxygen atoms in total. The van der Waals surface area contributed by atoms with E-state index < -0.39 is 0 Å². The van der Waals surface area contributed by atoms with Gasteiger partial charge in [0.2, 0.25) is 5.91 Å². The maximum atomic E-state index is 12.2. The molecule has 21 heavy (non-hydrogen) atoms. The summed E-state index contributed by atoms with van der Waals surface area (Å²) in [7, 11) is 0. The highest BCUT2D eigenvalue weighted by molar-refractivity contribution is 5.94. The molecule has 1 saturated heterocycles. The number of carbonyl (C=O) groups excluding carboxylic acids is 2. The number of Topliss-reactive ketones (excluding diaryl/α,β-unsaturated/α-hetero) is 1. The van der Waals surface area contributed by atoms with E-state index in [0.29, 0.717) is 18.7 Å². The van der Waals surface area contributed by atoms with Crippen molar-refractivity contribution in [2.75, 3.05) is 25.0 Å². The van der Waals surface area contributed by atoms with Crippen molar-refractivity contribution in [1.82, 2.24) is 4.90 Å². The maximum absolute atomic E-state index is 12.2. The zero-order valence-electron chi connectivity index (χ0n) is 12.8. The van der Waals surface area contributed by atoms with Crippen LogP contribution in [0.1, 0.15) is 31.1 Å². The number of rotatable bonds is 4. The number of morpholine rings is 1. The summed E-state index contributed by atoms with van der Waals surface area (Å²) in [4.78, 5) is 25.2. The predicted molar refractivity (Wildman–Crippen MR) is 81.5 cm³/mol. The molecular weight excluding hydrogens is 268 g/mol. The minimum absolute atomic E-state index is 0.0360. The van der Waals surface area contributed by atoms with Crippen LogP contribution in [-0.2, 0) is 9.53 Å². The summed E-state index contributed by atoms with van der Waals surface area (Å²) in [6, 6.07) is 7.14. The van der Waals surface area contributed by atoms with Crippen molar-refractivity contribution in [3.05, 3.63) is 29.8 Å². The SMILES string of the molecule is CC(=O)c1ccc(NCC(=O)N2C[C@H](C)O[C@@H](C)C2)cc1. The highest BCUT2D eigenvalue weighted by atomic mass is 16.5. The van der Waals surface area contributed by atoms with Crippen LogP contribution in [-0.4, -0.2) is 48.4 Å². The van der Waals surface area contributed by atoms with Gasteiger partial charge in [-0.2, -0.15) is 0 Å². The smallest absolute Gasteiger partial charge is 0.242 e. The molecule has 0 aromatic heterocycles. The summed E-state index contributed by atoms with van der Waals surface area (Å²) in [5.41, 5.74) is 1.51. The molecule has 1 aromatic carbocycles. The Labute approximate surface area is 125 Å². The minimum Gasteiger partial charge on any atom is -0.376 e. The molecule has 1 aliphatic rings. The molecular formula is C16H22N2O3. The summed E-state index contributed by atoms with van der Waals surface area (Å²) in [5.74, 6) is 0.0987. The molecule has 1 aliphatic heterocycles. The highest BCUT2D eigenvalue weighted by Gasteiger charge is 2.25. The number of carbonyl (C=O) groups is 2. The molecule has 0 bridgehead atoms. The van der Waals surface area contributed by atoms with Crippen LogP contribution in [0.2, 0.25) is 0 Å². The van der Waals surface area contributed by atoms with Crippen molar-refractivity contribution in [2.45, 2.75) is 33.0 Å². The molecule has 0 spiro atoms. The average molecular weight is 290 g/mol. The summed E-state index contributed by atoms with van der Waals surface area (Å²) in [5, 5.41) is 3.09. The minimum atomic E-state index is 0.0360. The number of ether oxygens (including phenoxy) is 1. The number of hydrogen-bond acceptors (Lipinski definition) is 4. The fourth-order valence-electron chi connectivity index (χ4n) is 2.49. The molecule has 1 fully saturated rings. The Kier molecular flexibility index (Phi) is 4.96. The van der Waals surface area contributed by atoms with Crippen LogP contribution >= 0.6 is 0 Å². The molecule has 1 N–H and O–H groups in total. The fourth-order valence-corrected chi connectivity index (χ4v) is 2.49. The number of nitrogens with zero attached hydrogens (tertiary/aromatic N) is 1. The van der Waals surface area contributed by atoms with Gasteiger partial charge in [-0.15, -0.1) is 0 Å². The summed E-state index contributed by atoms with van der Waals surface area (Å²) in [6.45, 7) is 7.00. The van der Waals surface area contributed by atoms with Crippen molar-refractivity contribution in [3.8, 4) is 0 Å². The Morgan fingerprint density at radius 2 is 1.76 bits per heavy atom. The van der Waals surface area contributed by atoms with Crippen LogP contribution in [0.3, 0.4) is 0 Å². The van der Waals surface area contributed by atoms with Gasteiger partial charge in [-0.05, 0) is 45.0 Å². The molecule has 0 aliphatic carbocycles. The lowest BCUT2D eigenvalue weighted by Crippen LogP contribution is -2.49. The molecule has 1 heterocycles. The van der Waals surface area contributed by atoms with Gasteiger partial charge < -0.3 is 15.0 Å². The second-order valence-electron chi connectivity index (χ2n) is 5.54. The van der Waals surface area contributed by atoms with E-state index in [1.807, 2.05) is 30.9 Å². The Hall–Kier alpha value is -1.88. The first-order valence-corrected chi connectivity index (χ1v) is 7.24. The Morgan fingerprint density at radius 3 is 2.29 bits per heavy atom. The fraction of sp³-hybridized carbons (Fsp3) is 0.500. The largest absolute Gasteiger partial charge is 0.376 e. The van der Waals surface area contributed by atoms with Gasteiger partial charge in [-0.25, -0.2) is 0 Å². The molecule has 1 amide bonds.